The second kappa shape index (κ2) is 21.7. The van der Waals surface area contributed by atoms with E-state index in [2.05, 4.69) is 26.0 Å². The zero-order valence-corrected chi connectivity index (χ0v) is 27.6. The van der Waals surface area contributed by atoms with Gasteiger partial charge in [-0.05, 0) is 87.1 Å². The van der Waals surface area contributed by atoms with Gasteiger partial charge in [0.05, 0.1) is 28.9 Å². The fraction of sp³-hybridized carbons (Fsp3) is 0.462. The van der Waals surface area contributed by atoms with Crippen molar-refractivity contribution < 1.29 is 29.0 Å². The molecule has 0 unspecified atom stereocenters. The smallest absolute Gasteiger partial charge is 0.338 e. The highest BCUT2D eigenvalue weighted by atomic mass is 16.5. The van der Waals surface area contributed by atoms with Gasteiger partial charge in [-0.25, -0.2) is 14.4 Å². The fourth-order valence-electron chi connectivity index (χ4n) is 4.87. The third-order valence-electron chi connectivity index (χ3n) is 7.64. The molecule has 0 spiro atoms. The number of rotatable bonds is 18. The van der Waals surface area contributed by atoms with Gasteiger partial charge in [-0.1, -0.05) is 108 Å². The Balaban J connectivity index is 0.000000317. The highest BCUT2D eigenvalue weighted by Crippen LogP contribution is 2.20. The van der Waals surface area contributed by atoms with Crippen molar-refractivity contribution in [2.75, 3.05) is 0 Å². The molecule has 6 heteroatoms. The summed E-state index contributed by atoms with van der Waals surface area (Å²) in [6, 6.07) is 23.6. The number of carboxylic acids is 1. The molecule has 0 aliphatic carbocycles. The van der Waals surface area contributed by atoms with Gasteiger partial charge >= 0.3 is 17.9 Å². The van der Waals surface area contributed by atoms with Gasteiger partial charge in [-0.2, -0.15) is 0 Å². The van der Waals surface area contributed by atoms with Crippen molar-refractivity contribution in [3.05, 3.63) is 95.6 Å². The van der Waals surface area contributed by atoms with E-state index in [9.17, 15) is 14.4 Å². The number of hydrogen-bond donors (Lipinski definition) is 1. The predicted molar refractivity (Wildman–Crippen MR) is 182 cm³/mol. The van der Waals surface area contributed by atoms with E-state index in [1.807, 2.05) is 56.3 Å². The minimum Gasteiger partial charge on any atom is -0.478 e. The number of aromatic carboxylic acids is 1. The normalized spacial score (nSPS) is 11.9. The third-order valence-corrected chi connectivity index (χ3v) is 7.64. The molecule has 45 heavy (non-hydrogen) atoms. The minimum absolute atomic E-state index is 0.0204. The second-order valence-electron chi connectivity index (χ2n) is 11.7. The molecule has 244 valence electrons. The maximum atomic E-state index is 12.2. The third kappa shape index (κ3) is 15.1. The molecule has 2 atom stereocenters. The van der Waals surface area contributed by atoms with Crippen molar-refractivity contribution >= 4 is 17.9 Å². The first-order valence-corrected chi connectivity index (χ1v) is 16.7. The van der Waals surface area contributed by atoms with Gasteiger partial charge in [0.2, 0.25) is 0 Å². The van der Waals surface area contributed by atoms with E-state index in [1.165, 1.54) is 75.6 Å². The molecule has 0 saturated carbocycles. The Morgan fingerprint density at radius 2 is 0.911 bits per heavy atom. The number of hydrogen-bond acceptors (Lipinski definition) is 5. The monoisotopic (exact) mass is 616 g/mol. The van der Waals surface area contributed by atoms with Gasteiger partial charge in [-0.3, -0.25) is 0 Å². The molecule has 0 amide bonds. The largest absolute Gasteiger partial charge is 0.478 e. The van der Waals surface area contributed by atoms with Crippen molar-refractivity contribution in [1.82, 2.24) is 0 Å². The molecule has 0 bridgehead atoms. The first-order valence-electron chi connectivity index (χ1n) is 16.7. The summed E-state index contributed by atoms with van der Waals surface area (Å²) in [7, 11) is 0. The lowest BCUT2D eigenvalue weighted by Gasteiger charge is -2.13. The summed E-state index contributed by atoms with van der Waals surface area (Å²) < 4.78 is 10.9. The van der Waals surface area contributed by atoms with E-state index < -0.39 is 11.9 Å². The summed E-state index contributed by atoms with van der Waals surface area (Å²) >= 11 is 0. The highest BCUT2D eigenvalue weighted by Gasteiger charge is 2.14. The summed E-state index contributed by atoms with van der Waals surface area (Å²) in [6.07, 6.45) is 13.8. The van der Waals surface area contributed by atoms with Crippen molar-refractivity contribution in [3.8, 4) is 11.1 Å². The first kappa shape index (κ1) is 37.3. The maximum Gasteiger partial charge on any atom is 0.338 e. The number of ether oxygens (including phenoxy) is 2. The van der Waals surface area contributed by atoms with Crippen LogP contribution in [0.25, 0.3) is 11.1 Å². The van der Waals surface area contributed by atoms with Crippen molar-refractivity contribution in [3.63, 3.8) is 0 Å². The molecule has 0 radical (unpaired) electrons. The molecular weight excluding hydrogens is 564 g/mol. The summed E-state index contributed by atoms with van der Waals surface area (Å²) in [6.45, 7) is 8.27. The molecule has 0 aliphatic heterocycles. The first-order chi connectivity index (χ1) is 21.7. The zero-order valence-electron chi connectivity index (χ0n) is 27.6. The summed E-state index contributed by atoms with van der Waals surface area (Å²) in [5.74, 6) is -1.63. The summed E-state index contributed by atoms with van der Waals surface area (Å²) in [5.41, 5.74) is 3.43. The molecule has 3 aromatic carbocycles. The van der Waals surface area contributed by atoms with E-state index in [-0.39, 0.29) is 23.7 Å². The quantitative estimate of drug-likeness (QED) is 0.113. The average molecular weight is 617 g/mol. The number of benzene rings is 3. The van der Waals surface area contributed by atoms with Crippen molar-refractivity contribution in [1.29, 1.82) is 0 Å². The van der Waals surface area contributed by atoms with Crippen LogP contribution in [0.1, 0.15) is 136 Å². The number of carbonyl (C=O) groups is 3. The Labute approximate surface area is 270 Å². The minimum atomic E-state index is -1.00. The van der Waals surface area contributed by atoms with Gasteiger partial charge in [0.25, 0.3) is 0 Å². The fourth-order valence-corrected chi connectivity index (χ4v) is 4.87. The summed E-state index contributed by atoms with van der Waals surface area (Å²) in [4.78, 5) is 34.9. The number of unbranched alkanes of at least 4 members (excludes halogenated alkanes) is 8. The van der Waals surface area contributed by atoms with Crippen LogP contribution in [0.4, 0.5) is 0 Å². The van der Waals surface area contributed by atoms with Crippen LogP contribution in [0.15, 0.2) is 78.9 Å². The van der Waals surface area contributed by atoms with Crippen LogP contribution in [-0.2, 0) is 9.47 Å². The number of esters is 2. The molecular formula is C39H52O6. The number of carboxylic acid groups (broad SMARTS) is 1. The Hall–Kier alpha value is -3.93. The second-order valence-corrected chi connectivity index (χ2v) is 11.7. The van der Waals surface area contributed by atoms with Gasteiger partial charge in [0.1, 0.15) is 0 Å². The van der Waals surface area contributed by atoms with Crippen molar-refractivity contribution in [2.45, 2.75) is 117 Å². The molecule has 6 nitrogen and oxygen atoms in total. The van der Waals surface area contributed by atoms with Crippen LogP contribution in [0.3, 0.4) is 0 Å². The molecule has 0 saturated heterocycles. The predicted octanol–water partition coefficient (Wildman–Crippen LogP) is 10.5. The Morgan fingerprint density at radius 1 is 0.533 bits per heavy atom. The number of carbonyl (C=O) groups excluding carboxylic acids is 2. The van der Waals surface area contributed by atoms with Crippen LogP contribution in [0.5, 0.6) is 0 Å². The SMILES string of the molecule is CCCCCCC[C@@H](C)OC(=O)c1ccc(-c2ccccc2)cc1.CCCCCCC[C@@H](C)OC(=O)c1ccc(C(=O)O)cc1. The average Bonchev–Trinajstić information content (AvgIpc) is 3.05. The van der Waals surface area contributed by atoms with Gasteiger partial charge < -0.3 is 14.6 Å². The van der Waals surface area contributed by atoms with E-state index in [1.54, 1.807) is 0 Å². The van der Waals surface area contributed by atoms with Gasteiger partial charge in [0.15, 0.2) is 0 Å². The van der Waals surface area contributed by atoms with E-state index in [0.29, 0.717) is 11.1 Å². The topological polar surface area (TPSA) is 89.9 Å². The maximum absolute atomic E-state index is 12.2. The Morgan fingerprint density at radius 3 is 1.33 bits per heavy atom. The molecule has 0 fully saturated rings. The molecule has 3 aromatic rings. The van der Waals surface area contributed by atoms with Crippen LogP contribution >= 0.6 is 0 Å². The van der Waals surface area contributed by atoms with Gasteiger partial charge in [-0.15, -0.1) is 0 Å². The van der Waals surface area contributed by atoms with E-state index in [4.69, 9.17) is 14.6 Å². The highest BCUT2D eigenvalue weighted by molar-refractivity contribution is 5.92. The lowest BCUT2D eigenvalue weighted by Crippen LogP contribution is -2.15. The van der Waals surface area contributed by atoms with Crippen LogP contribution in [0, 0.1) is 0 Å². The Kier molecular flexibility index (Phi) is 18.0. The standard InChI is InChI=1S/C22H28O2.C17H24O4/c1-3-4-5-6-8-11-18(2)24-22(23)21-16-14-20(15-17-21)19-12-9-7-10-13-19;1-3-4-5-6-7-8-13(2)21-17(20)15-11-9-14(10-12-15)16(18)19/h7,9-10,12-18H,3-6,8,11H2,1-2H3;9-13H,3-8H2,1-2H3,(H,18,19)/t18-;13-/m11/s1. The molecule has 0 heterocycles. The van der Waals surface area contributed by atoms with E-state index >= 15 is 0 Å². The van der Waals surface area contributed by atoms with Crippen LogP contribution in [-0.4, -0.2) is 35.2 Å². The lowest BCUT2D eigenvalue weighted by atomic mass is 10.0. The van der Waals surface area contributed by atoms with E-state index in [0.717, 1.165) is 36.8 Å². The van der Waals surface area contributed by atoms with Crippen molar-refractivity contribution in [2.24, 2.45) is 0 Å². The van der Waals surface area contributed by atoms with Gasteiger partial charge in [0, 0.05) is 0 Å². The Bertz CT molecular complexity index is 1250. The lowest BCUT2D eigenvalue weighted by molar-refractivity contribution is 0.0309. The van der Waals surface area contributed by atoms with Crippen LogP contribution in [0.2, 0.25) is 0 Å². The zero-order chi connectivity index (χ0) is 32.9. The molecule has 1 N–H and O–H groups in total. The molecule has 0 aliphatic rings. The molecule has 0 aromatic heterocycles. The van der Waals surface area contributed by atoms with Crippen LogP contribution < -0.4 is 0 Å². The molecule has 3 rings (SSSR count). The summed E-state index contributed by atoms with van der Waals surface area (Å²) in [5, 5.41) is 8.80.